The quantitative estimate of drug-likeness (QED) is 0.558. The highest BCUT2D eigenvalue weighted by atomic mass is 14.7. The third kappa shape index (κ3) is 2.28. The molecule has 4 N–H and O–H groups in total. The molecule has 0 radical (unpaired) electrons. The SMILES string of the molecule is CCC(C)[C@H](N)CN. The van der Waals surface area contributed by atoms with Crippen molar-refractivity contribution >= 4 is 0 Å². The maximum absolute atomic E-state index is 5.60. The second-order valence-corrected chi connectivity index (χ2v) is 2.29. The van der Waals surface area contributed by atoms with Crippen molar-refractivity contribution in [3.8, 4) is 0 Å². The van der Waals surface area contributed by atoms with Gasteiger partial charge in [-0.25, -0.2) is 0 Å². The van der Waals surface area contributed by atoms with Gasteiger partial charge in [-0.15, -0.1) is 0 Å². The summed E-state index contributed by atoms with van der Waals surface area (Å²) in [5.41, 5.74) is 10.9. The van der Waals surface area contributed by atoms with Crippen molar-refractivity contribution in [1.29, 1.82) is 0 Å². The average Bonchev–Trinajstić information content (AvgIpc) is 1.84. The number of hydrogen-bond acceptors (Lipinski definition) is 2. The van der Waals surface area contributed by atoms with Gasteiger partial charge in [-0.3, -0.25) is 0 Å². The minimum Gasteiger partial charge on any atom is -0.329 e. The maximum Gasteiger partial charge on any atom is 0.0188 e. The number of hydrogen-bond donors (Lipinski definition) is 2. The van der Waals surface area contributed by atoms with E-state index < -0.39 is 0 Å². The van der Waals surface area contributed by atoms with Gasteiger partial charge in [-0.1, -0.05) is 20.3 Å². The van der Waals surface area contributed by atoms with Crippen LogP contribution in [0.3, 0.4) is 0 Å². The molecule has 8 heavy (non-hydrogen) atoms. The van der Waals surface area contributed by atoms with Crippen LogP contribution in [0.15, 0.2) is 0 Å². The highest BCUT2D eigenvalue weighted by Crippen LogP contribution is 2.02. The second kappa shape index (κ2) is 3.87. The first kappa shape index (κ1) is 7.92. The van der Waals surface area contributed by atoms with Crippen molar-refractivity contribution in [2.45, 2.75) is 26.3 Å². The van der Waals surface area contributed by atoms with Gasteiger partial charge in [0.15, 0.2) is 0 Å². The predicted octanol–water partition coefficient (Wildman–Crippen LogP) is 0.319. The van der Waals surface area contributed by atoms with Gasteiger partial charge >= 0.3 is 0 Å². The average molecular weight is 116 g/mol. The molecule has 50 valence electrons. The summed E-state index contributed by atoms with van der Waals surface area (Å²) in [5, 5.41) is 0. The highest BCUT2D eigenvalue weighted by molar-refractivity contribution is 4.67. The lowest BCUT2D eigenvalue weighted by molar-refractivity contribution is 0.449. The standard InChI is InChI=1S/C6H16N2/c1-3-5(2)6(8)4-7/h5-6H,3-4,7-8H2,1-2H3/t5?,6-/m1/s1. The van der Waals surface area contributed by atoms with Crippen LogP contribution in [0, 0.1) is 5.92 Å². The molecule has 0 aromatic carbocycles. The van der Waals surface area contributed by atoms with Crippen LogP contribution >= 0.6 is 0 Å². The van der Waals surface area contributed by atoms with Crippen LogP contribution in [0.4, 0.5) is 0 Å². The molecule has 0 heterocycles. The van der Waals surface area contributed by atoms with Crippen molar-refractivity contribution in [3.63, 3.8) is 0 Å². The summed E-state index contributed by atoms with van der Waals surface area (Å²) in [6.07, 6.45) is 1.12. The Morgan fingerprint density at radius 1 is 1.50 bits per heavy atom. The van der Waals surface area contributed by atoms with Crippen LogP contribution in [0.25, 0.3) is 0 Å². The Kier molecular flexibility index (Phi) is 3.83. The second-order valence-electron chi connectivity index (χ2n) is 2.29. The largest absolute Gasteiger partial charge is 0.329 e. The van der Waals surface area contributed by atoms with Gasteiger partial charge in [0.1, 0.15) is 0 Å². The van der Waals surface area contributed by atoms with Crippen molar-refractivity contribution in [1.82, 2.24) is 0 Å². The molecule has 0 rings (SSSR count). The molecule has 0 amide bonds. The summed E-state index contributed by atoms with van der Waals surface area (Å²) in [6.45, 7) is 4.85. The first-order chi connectivity index (χ1) is 3.72. The fourth-order valence-corrected chi connectivity index (χ4v) is 0.535. The summed E-state index contributed by atoms with van der Waals surface area (Å²) < 4.78 is 0. The molecule has 0 aliphatic rings. The van der Waals surface area contributed by atoms with Crippen LogP contribution < -0.4 is 11.5 Å². The minimum absolute atomic E-state index is 0.194. The third-order valence-corrected chi connectivity index (χ3v) is 1.65. The van der Waals surface area contributed by atoms with Crippen LogP contribution in [0.1, 0.15) is 20.3 Å². The molecule has 2 atom stereocenters. The minimum atomic E-state index is 0.194. The van der Waals surface area contributed by atoms with Gasteiger partial charge in [0.2, 0.25) is 0 Å². The Bertz CT molecular complexity index is 46.5. The summed E-state index contributed by atoms with van der Waals surface area (Å²) in [4.78, 5) is 0. The lowest BCUT2D eigenvalue weighted by Crippen LogP contribution is -2.35. The molecule has 0 aromatic rings. The monoisotopic (exact) mass is 116 g/mol. The van der Waals surface area contributed by atoms with E-state index in [2.05, 4.69) is 13.8 Å². The van der Waals surface area contributed by atoms with Crippen LogP contribution in [0.5, 0.6) is 0 Å². The first-order valence-corrected chi connectivity index (χ1v) is 3.18. The van der Waals surface area contributed by atoms with Crippen molar-refractivity contribution in [3.05, 3.63) is 0 Å². The maximum atomic E-state index is 5.60. The first-order valence-electron chi connectivity index (χ1n) is 3.18. The zero-order chi connectivity index (χ0) is 6.57. The van der Waals surface area contributed by atoms with Gasteiger partial charge in [-0.2, -0.15) is 0 Å². The van der Waals surface area contributed by atoms with E-state index in [1.807, 2.05) is 0 Å². The molecule has 0 spiro atoms. The van der Waals surface area contributed by atoms with E-state index in [1.165, 1.54) is 0 Å². The zero-order valence-corrected chi connectivity index (χ0v) is 5.72. The lowest BCUT2D eigenvalue weighted by Gasteiger charge is -2.14. The highest BCUT2D eigenvalue weighted by Gasteiger charge is 2.06. The van der Waals surface area contributed by atoms with Gasteiger partial charge in [0.05, 0.1) is 0 Å². The van der Waals surface area contributed by atoms with Crippen molar-refractivity contribution in [2.75, 3.05) is 6.54 Å². The Morgan fingerprint density at radius 3 is 2.12 bits per heavy atom. The molecule has 0 bridgehead atoms. The Balaban J connectivity index is 3.29. The smallest absolute Gasteiger partial charge is 0.0188 e. The number of nitrogens with two attached hydrogens (primary N) is 2. The Hall–Kier alpha value is -0.0800. The fourth-order valence-electron chi connectivity index (χ4n) is 0.535. The fraction of sp³-hybridized carbons (Fsp3) is 1.00. The molecule has 0 aliphatic heterocycles. The summed E-state index contributed by atoms with van der Waals surface area (Å²) in [6, 6.07) is 0.194. The van der Waals surface area contributed by atoms with E-state index in [1.54, 1.807) is 0 Å². The van der Waals surface area contributed by atoms with E-state index in [0.29, 0.717) is 12.5 Å². The zero-order valence-electron chi connectivity index (χ0n) is 5.72. The molecule has 1 unspecified atom stereocenters. The topological polar surface area (TPSA) is 52.0 Å². The van der Waals surface area contributed by atoms with E-state index in [0.717, 1.165) is 6.42 Å². The molecule has 2 nitrogen and oxygen atoms in total. The van der Waals surface area contributed by atoms with Gasteiger partial charge < -0.3 is 11.5 Å². The van der Waals surface area contributed by atoms with E-state index in [9.17, 15) is 0 Å². The molecular weight excluding hydrogens is 100 g/mol. The summed E-state index contributed by atoms with van der Waals surface area (Å²) >= 11 is 0. The van der Waals surface area contributed by atoms with E-state index >= 15 is 0 Å². The predicted molar refractivity (Wildman–Crippen MR) is 36.5 cm³/mol. The van der Waals surface area contributed by atoms with Crippen LogP contribution in [-0.4, -0.2) is 12.6 Å². The molecular formula is C6H16N2. The Morgan fingerprint density at radius 2 is 2.00 bits per heavy atom. The van der Waals surface area contributed by atoms with E-state index in [-0.39, 0.29) is 6.04 Å². The van der Waals surface area contributed by atoms with E-state index in [4.69, 9.17) is 11.5 Å². The molecule has 0 fully saturated rings. The van der Waals surface area contributed by atoms with Crippen molar-refractivity contribution < 1.29 is 0 Å². The van der Waals surface area contributed by atoms with Gasteiger partial charge in [0.25, 0.3) is 0 Å². The normalized spacial score (nSPS) is 18.0. The van der Waals surface area contributed by atoms with Crippen molar-refractivity contribution in [2.24, 2.45) is 17.4 Å². The Labute approximate surface area is 51.2 Å². The molecule has 2 heteroatoms. The van der Waals surface area contributed by atoms with Crippen LogP contribution in [-0.2, 0) is 0 Å². The molecule has 0 saturated heterocycles. The van der Waals surface area contributed by atoms with Crippen LogP contribution in [0.2, 0.25) is 0 Å². The third-order valence-electron chi connectivity index (χ3n) is 1.65. The van der Waals surface area contributed by atoms with Gasteiger partial charge in [0, 0.05) is 12.6 Å². The number of rotatable bonds is 3. The molecule has 0 aliphatic carbocycles. The summed E-state index contributed by atoms with van der Waals surface area (Å²) in [7, 11) is 0. The summed E-state index contributed by atoms with van der Waals surface area (Å²) in [5.74, 6) is 0.569. The molecule has 0 saturated carbocycles. The lowest BCUT2D eigenvalue weighted by atomic mass is 10.0. The van der Waals surface area contributed by atoms with Gasteiger partial charge in [-0.05, 0) is 5.92 Å². The molecule has 0 aromatic heterocycles.